The van der Waals surface area contributed by atoms with Crippen LogP contribution in [0.5, 0.6) is 5.75 Å². The topological polar surface area (TPSA) is 137 Å². The number of esters is 2. The zero-order valence-electron chi connectivity index (χ0n) is 18.9. The molecule has 1 amide bonds. The summed E-state index contributed by atoms with van der Waals surface area (Å²) in [6.45, 7) is 5.23. The van der Waals surface area contributed by atoms with E-state index in [1.165, 1.54) is 42.5 Å². The smallest absolute Gasteiger partial charge is 0.337 e. The summed E-state index contributed by atoms with van der Waals surface area (Å²) < 4.78 is 42.8. The van der Waals surface area contributed by atoms with Gasteiger partial charge in [0.05, 0.1) is 35.9 Å². The van der Waals surface area contributed by atoms with Crippen LogP contribution in [0.3, 0.4) is 0 Å². The van der Waals surface area contributed by atoms with Gasteiger partial charge in [0.2, 0.25) is 0 Å². The number of sulfonamides is 1. The molecular formula is C22H26N2O8S. The number of benzene rings is 2. The Labute approximate surface area is 192 Å². The van der Waals surface area contributed by atoms with Crippen LogP contribution in [0, 0.1) is 0 Å². The molecule has 2 aromatic rings. The second kappa shape index (κ2) is 10.8. The van der Waals surface area contributed by atoms with Gasteiger partial charge in [-0.25, -0.2) is 18.0 Å². The minimum absolute atomic E-state index is 0.0300. The summed E-state index contributed by atoms with van der Waals surface area (Å²) in [5, 5.41) is 2.72. The summed E-state index contributed by atoms with van der Waals surface area (Å²) >= 11 is 0. The highest BCUT2D eigenvalue weighted by atomic mass is 32.2. The second-order valence-corrected chi connectivity index (χ2v) is 8.96. The lowest BCUT2D eigenvalue weighted by Gasteiger charge is -2.16. The fourth-order valence-corrected chi connectivity index (χ4v) is 3.77. The van der Waals surface area contributed by atoms with Crippen molar-refractivity contribution in [2.75, 3.05) is 18.9 Å². The van der Waals surface area contributed by atoms with Gasteiger partial charge in [0.15, 0.2) is 6.10 Å². The molecule has 2 N–H and O–H groups in total. The third-order valence-electron chi connectivity index (χ3n) is 4.27. The molecule has 0 radical (unpaired) electrons. The Morgan fingerprint density at radius 1 is 0.848 bits per heavy atom. The number of carbonyl (C=O) groups is 3. The summed E-state index contributed by atoms with van der Waals surface area (Å²) in [6.07, 6.45) is -0.772. The van der Waals surface area contributed by atoms with Gasteiger partial charge in [-0.2, -0.15) is 0 Å². The number of nitrogens with one attached hydrogen (secondary N) is 2. The van der Waals surface area contributed by atoms with E-state index in [-0.39, 0.29) is 33.7 Å². The van der Waals surface area contributed by atoms with E-state index in [2.05, 4.69) is 19.5 Å². The molecule has 0 saturated carbocycles. The third-order valence-corrected chi connectivity index (χ3v) is 5.67. The largest absolute Gasteiger partial charge is 0.481 e. The second-order valence-electron chi connectivity index (χ2n) is 7.28. The number of rotatable bonds is 9. The molecule has 0 saturated heterocycles. The van der Waals surface area contributed by atoms with Gasteiger partial charge in [0, 0.05) is 6.04 Å². The first-order chi connectivity index (χ1) is 15.5. The zero-order chi connectivity index (χ0) is 24.8. The molecule has 1 atom stereocenters. The summed E-state index contributed by atoms with van der Waals surface area (Å²) in [7, 11) is -1.76. The van der Waals surface area contributed by atoms with Gasteiger partial charge in [-0.1, -0.05) is 0 Å². The van der Waals surface area contributed by atoms with Crippen LogP contribution in [0.1, 0.15) is 41.5 Å². The first-order valence-corrected chi connectivity index (χ1v) is 11.4. The van der Waals surface area contributed by atoms with Gasteiger partial charge in [-0.3, -0.25) is 9.52 Å². The van der Waals surface area contributed by atoms with Crippen LogP contribution in [0.25, 0.3) is 0 Å². The first kappa shape index (κ1) is 25.7. The van der Waals surface area contributed by atoms with Crippen molar-refractivity contribution in [3.8, 4) is 5.75 Å². The molecule has 11 heteroatoms. The number of methoxy groups -OCH3 is 2. The lowest BCUT2D eigenvalue weighted by molar-refractivity contribution is -0.127. The van der Waals surface area contributed by atoms with E-state index in [0.29, 0.717) is 5.75 Å². The van der Waals surface area contributed by atoms with Gasteiger partial charge in [0.1, 0.15) is 5.75 Å². The molecule has 10 nitrogen and oxygen atoms in total. The maximum atomic E-state index is 12.8. The monoisotopic (exact) mass is 478 g/mol. The highest BCUT2D eigenvalue weighted by Crippen LogP contribution is 2.23. The van der Waals surface area contributed by atoms with Crippen LogP contribution in [-0.4, -0.2) is 52.6 Å². The van der Waals surface area contributed by atoms with Gasteiger partial charge in [0.25, 0.3) is 15.9 Å². The van der Waals surface area contributed by atoms with Gasteiger partial charge < -0.3 is 19.5 Å². The average Bonchev–Trinajstić information content (AvgIpc) is 2.77. The molecule has 178 valence electrons. The normalized spacial score (nSPS) is 11.9. The molecule has 2 rings (SSSR count). The molecule has 0 heterocycles. The number of carbonyl (C=O) groups excluding carboxylic acids is 3. The fourth-order valence-electron chi connectivity index (χ4n) is 2.73. The SMILES string of the molecule is COC(=O)c1cc(NS(=O)(=O)c2ccc(O[C@H](C)C(=O)NC(C)C)cc2)cc(C(=O)OC)c1. The maximum absolute atomic E-state index is 12.8. The number of hydrogen-bond donors (Lipinski definition) is 2. The van der Waals surface area contributed by atoms with Crippen LogP contribution in [-0.2, 0) is 24.3 Å². The van der Waals surface area contributed by atoms with Gasteiger partial charge in [-0.15, -0.1) is 0 Å². The summed E-state index contributed by atoms with van der Waals surface area (Å²) in [6, 6.07) is 9.10. The Kier molecular flexibility index (Phi) is 8.41. The van der Waals surface area contributed by atoms with Crippen molar-refractivity contribution in [1.29, 1.82) is 0 Å². The highest BCUT2D eigenvalue weighted by Gasteiger charge is 2.20. The lowest BCUT2D eigenvalue weighted by Crippen LogP contribution is -2.40. The molecule has 0 unspecified atom stereocenters. The summed E-state index contributed by atoms with van der Waals surface area (Å²) in [5.74, 6) is -1.49. The zero-order valence-corrected chi connectivity index (χ0v) is 19.7. The number of hydrogen-bond acceptors (Lipinski definition) is 8. The Balaban J connectivity index is 2.24. The minimum Gasteiger partial charge on any atom is -0.481 e. The average molecular weight is 479 g/mol. The molecule has 0 fully saturated rings. The molecular weight excluding hydrogens is 452 g/mol. The standard InChI is InChI=1S/C22H26N2O8S/c1-13(2)23-20(25)14(3)32-18-6-8-19(9-7-18)33(28,29)24-17-11-15(21(26)30-4)10-16(12-17)22(27)31-5/h6-14,24H,1-5H3,(H,23,25)/t14-/m1/s1. The molecule has 0 aliphatic carbocycles. The van der Waals surface area contributed by atoms with E-state index in [1.54, 1.807) is 6.92 Å². The van der Waals surface area contributed by atoms with Crippen LogP contribution < -0.4 is 14.8 Å². The first-order valence-electron chi connectivity index (χ1n) is 9.88. The molecule has 33 heavy (non-hydrogen) atoms. The van der Waals surface area contributed by atoms with Crippen LogP contribution in [0.2, 0.25) is 0 Å². The molecule has 2 aromatic carbocycles. The van der Waals surface area contributed by atoms with Crippen LogP contribution in [0.15, 0.2) is 47.4 Å². The van der Waals surface area contributed by atoms with Crippen molar-refractivity contribution in [2.45, 2.75) is 37.8 Å². The number of amides is 1. The van der Waals surface area contributed by atoms with Crippen molar-refractivity contribution in [3.05, 3.63) is 53.6 Å². The number of ether oxygens (including phenoxy) is 3. The van der Waals surface area contributed by atoms with Crippen LogP contribution in [0.4, 0.5) is 5.69 Å². The van der Waals surface area contributed by atoms with E-state index in [9.17, 15) is 22.8 Å². The molecule has 0 aliphatic rings. The Morgan fingerprint density at radius 3 is 1.82 bits per heavy atom. The van der Waals surface area contributed by atoms with Gasteiger partial charge in [-0.05, 0) is 63.2 Å². The Bertz CT molecular complexity index is 1090. The predicted molar refractivity (Wildman–Crippen MR) is 120 cm³/mol. The van der Waals surface area contributed by atoms with Crippen molar-refractivity contribution in [3.63, 3.8) is 0 Å². The molecule has 0 spiro atoms. The van der Waals surface area contributed by atoms with E-state index in [1.807, 2.05) is 13.8 Å². The van der Waals surface area contributed by atoms with Crippen molar-refractivity contribution < 1.29 is 37.0 Å². The summed E-state index contributed by atoms with van der Waals surface area (Å²) in [4.78, 5) is 35.7. The third kappa shape index (κ3) is 6.94. The minimum atomic E-state index is -4.08. The quantitative estimate of drug-likeness (QED) is 0.524. The van der Waals surface area contributed by atoms with Crippen molar-refractivity contribution >= 4 is 33.6 Å². The Morgan fingerprint density at radius 2 is 1.36 bits per heavy atom. The lowest BCUT2D eigenvalue weighted by atomic mass is 10.1. The van der Waals surface area contributed by atoms with Crippen LogP contribution >= 0.6 is 0 Å². The van der Waals surface area contributed by atoms with E-state index >= 15 is 0 Å². The van der Waals surface area contributed by atoms with E-state index < -0.39 is 28.1 Å². The van der Waals surface area contributed by atoms with Gasteiger partial charge >= 0.3 is 11.9 Å². The highest BCUT2D eigenvalue weighted by molar-refractivity contribution is 7.92. The van der Waals surface area contributed by atoms with Crippen molar-refractivity contribution in [1.82, 2.24) is 5.32 Å². The van der Waals surface area contributed by atoms with Crippen molar-refractivity contribution in [2.24, 2.45) is 0 Å². The van der Waals surface area contributed by atoms with E-state index in [0.717, 1.165) is 14.2 Å². The fraction of sp³-hybridized carbons (Fsp3) is 0.318. The maximum Gasteiger partial charge on any atom is 0.337 e. The predicted octanol–water partition coefficient (Wildman–Crippen LogP) is 2.35. The summed E-state index contributed by atoms with van der Waals surface area (Å²) in [5.41, 5.74) is -0.0939. The molecule has 0 aromatic heterocycles. The Hall–Kier alpha value is -3.60. The van der Waals surface area contributed by atoms with E-state index in [4.69, 9.17) is 4.74 Å². The number of anilines is 1. The molecule has 0 bridgehead atoms. The molecule has 0 aliphatic heterocycles.